The van der Waals surface area contributed by atoms with Crippen molar-refractivity contribution in [2.24, 2.45) is 0 Å². The van der Waals surface area contributed by atoms with Crippen LogP contribution in [0.2, 0.25) is 0 Å². The summed E-state index contributed by atoms with van der Waals surface area (Å²) in [5.74, 6) is 0.143. The third-order valence-electron chi connectivity index (χ3n) is 5.96. The number of Topliss-reactive ketones (excluding diaryl/α,β-unsaturated/α-hetero) is 1. The molecule has 1 aromatic heterocycles. The van der Waals surface area contributed by atoms with Gasteiger partial charge in [0, 0.05) is 34.6 Å². The number of aromatic nitrogens is 1. The molecule has 1 atom stereocenters. The standard InChI is InChI=1S/C22H22N2O3S/c1-13-10-16-18(23-17-7-5-9-20(25)22(16)17)12-21(13)28(26,27)24-14(2)11-15-6-3-4-8-19(15)24/h3-4,6,8,10,12,14,23H,5,7,9,11H2,1-2H3/t14-/m0/s1. The molecule has 2 heterocycles. The predicted molar refractivity (Wildman–Crippen MR) is 110 cm³/mol. The molecule has 1 N–H and O–H groups in total. The molecule has 5 rings (SSSR count). The zero-order chi connectivity index (χ0) is 19.6. The van der Waals surface area contributed by atoms with Gasteiger partial charge in [0.15, 0.2) is 5.78 Å². The fourth-order valence-electron chi connectivity index (χ4n) is 4.73. The van der Waals surface area contributed by atoms with Gasteiger partial charge >= 0.3 is 0 Å². The van der Waals surface area contributed by atoms with Crippen molar-refractivity contribution >= 4 is 32.4 Å². The molecule has 6 heteroatoms. The quantitative estimate of drug-likeness (QED) is 0.710. The molecule has 1 aliphatic carbocycles. The zero-order valence-electron chi connectivity index (χ0n) is 16.0. The summed E-state index contributed by atoms with van der Waals surface area (Å²) in [5.41, 5.74) is 4.88. The zero-order valence-corrected chi connectivity index (χ0v) is 16.8. The minimum Gasteiger partial charge on any atom is -0.358 e. The number of hydrogen-bond donors (Lipinski definition) is 1. The summed E-state index contributed by atoms with van der Waals surface area (Å²) in [4.78, 5) is 16.0. The lowest BCUT2D eigenvalue weighted by Crippen LogP contribution is -2.36. The summed E-state index contributed by atoms with van der Waals surface area (Å²) in [5, 5.41) is 0.839. The monoisotopic (exact) mass is 394 g/mol. The number of nitrogens with one attached hydrogen (secondary N) is 1. The van der Waals surface area contributed by atoms with Crippen LogP contribution in [0.4, 0.5) is 5.69 Å². The maximum Gasteiger partial charge on any atom is 0.264 e. The van der Waals surface area contributed by atoms with E-state index in [2.05, 4.69) is 4.98 Å². The molecule has 0 saturated heterocycles. The first-order valence-electron chi connectivity index (χ1n) is 9.68. The Kier molecular flexibility index (Phi) is 3.72. The highest BCUT2D eigenvalue weighted by molar-refractivity contribution is 7.93. The summed E-state index contributed by atoms with van der Waals surface area (Å²) in [6.07, 6.45) is 2.93. The maximum atomic E-state index is 13.6. The molecule has 144 valence electrons. The van der Waals surface area contributed by atoms with E-state index in [1.54, 1.807) is 10.4 Å². The van der Waals surface area contributed by atoms with Crippen LogP contribution in [0.15, 0.2) is 41.3 Å². The topological polar surface area (TPSA) is 70.2 Å². The number of aromatic amines is 1. The number of nitrogens with zero attached hydrogens (tertiary/aromatic N) is 1. The largest absolute Gasteiger partial charge is 0.358 e. The average molecular weight is 394 g/mol. The Labute approximate surface area is 164 Å². The Hall–Kier alpha value is -2.60. The highest BCUT2D eigenvalue weighted by atomic mass is 32.2. The minimum atomic E-state index is -3.71. The first-order chi connectivity index (χ1) is 13.4. The van der Waals surface area contributed by atoms with Crippen LogP contribution in [0.5, 0.6) is 0 Å². The number of para-hydroxylation sites is 1. The van der Waals surface area contributed by atoms with Crippen LogP contribution in [0.1, 0.15) is 46.9 Å². The molecule has 0 bridgehead atoms. The lowest BCUT2D eigenvalue weighted by molar-refractivity contribution is 0.0974. The van der Waals surface area contributed by atoms with Crippen LogP contribution >= 0.6 is 0 Å². The fourth-order valence-corrected chi connectivity index (χ4v) is 6.66. The van der Waals surface area contributed by atoms with Gasteiger partial charge in [-0.1, -0.05) is 18.2 Å². The van der Waals surface area contributed by atoms with E-state index in [1.165, 1.54) is 0 Å². The van der Waals surface area contributed by atoms with Crippen molar-refractivity contribution in [3.8, 4) is 0 Å². The van der Waals surface area contributed by atoms with Crippen molar-refractivity contribution < 1.29 is 13.2 Å². The molecule has 28 heavy (non-hydrogen) atoms. The highest BCUT2D eigenvalue weighted by Gasteiger charge is 2.37. The summed E-state index contributed by atoms with van der Waals surface area (Å²) in [6, 6.07) is 11.1. The molecule has 0 spiro atoms. The van der Waals surface area contributed by atoms with E-state index < -0.39 is 10.0 Å². The second-order valence-corrected chi connectivity index (χ2v) is 9.68. The smallest absolute Gasteiger partial charge is 0.264 e. The van der Waals surface area contributed by atoms with Gasteiger partial charge in [-0.15, -0.1) is 0 Å². The molecule has 2 aliphatic rings. The second-order valence-electron chi connectivity index (χ2n) is 7.90. The number of ketones is 1. The van der Waals surface area contributed by atoms with Crippen LogP contribution in [0, 0.1) is 6.92 Å². The van der Waals surface area contributed by atoms with Crippen molar-refractivity contribution in [3.63, 3.8) is 0 Å². The second kappa shape index (κ2) is 5.95. The molecule has 5 nitrogen and oxygen atoms in total. The summed E-state index contributed by atoms with van der Waals surface area (Å²) < 4.78 is 28.8. The Morgan fingerprint density at radius 2 is 1.93 bits per heavy atom. The summed E-state index contributed by atoms with van der Waals surface area (Å²) >= 11 is 0. The molecule has 0 unspecified atom stereocenters. The fraction of sp³-hybridized carbons (Fsp3) is 0.318. The van der Waals surface area contributed by atoms with Crippen LogP contribution in [-0.2, 0) is 22.9 Å². The molecule has 1 aliphatic heterocycles. The van der Waals surface area contributed by atoms with Gasteiger partial charge in [-0.25, -0.2) is 8.42 Å². The van der Waals surface area contributed by atoms with Gasteiger partial charge in [-0.3, -0.25) is 9.10 Å². The van der Waals surface area contributed by atoms with E-state index in [-0.39, 0.29) is 11.8 Å². The van der Waals surface area contributed by atoms with Crippen molar-refractivity contribution in [2.45, 2.75) is 50.5 Å². The van der Waals surface area contributed by atoms with Crippen LogP contribution < -0.4 is 4.31 Å². The minimum absolute atomic E-state index is 0.129. The van der Waals surface area contributed by atoms with Crippen molar-refractivity contribution in [1.29, 1.82) is 0 Å². The van der Waals surface area contributed by atoms with Gasteiger partial charge < -0.3 is 4.98 Å². The maximum absolute atomic E-state index is 13.6. The lowest BCUT2D eigenvalue weighted by atomic mass is 9.94. The first-order valence-corrected chi connectivity index (χ1v) is 11.1. The molecule has 0 fully saturated rings. The molecule has 0 amide bonds. The van der Waals surface area contributed by atoms with Gasteiger partial charge in [0.2, 0.25) is 0 Å². The van der Waals surface area contributed by atoms with E-state index >= 15 is 0 Å². The van der Waals surface area contributed by atoms with E-state index in [9.17, 15) is 13.2 Å². The number of H-pyrrole nitrogens is 1. The number of carbonyl (C=O) groups excluding carboxylic acids is 1. The predicted octanol–water partition coefficient (Wildman–Crippen LogP) is 4.14. The number of sulfonamides is 1. The third kappa shape index (κ3) is 2.37. The van der Waals surface area contributed by atoms with Crippen LogP contribution in [0.25, 0.3) is 10.9 Å². The number of aryl methyl sites for hydroxylation is 2. The Morgan fingerprint density at radius 3 is 2.75 bits per heavy atom. The Morgan fingerprint density at radius 1 is 1.14 bits per heavy atom. The first kappa shape index (κ1) is 17.5. The highest BCUT2D eigenvalue weighted by Crippen LogP contribution is 2.39. The van der Waals surface area contributed by atoms with Gasteiger partial charge in [0.1, 0.15) is 0 Å². The molecule has 0 radical (unpaired) electrons. The summed E-state index contributed by atoms with van der Waals surface area (Å²) in [7, 11) is -3.71. The molecule has 2 aromatic carbocycles. The average Bonchev–Trinajstić information content (AvgIpc) is 3.18. The van der Waals surface area contributed by atoms with Crippen molar-refractivity contribution in [3.05, 3.63) is 58.8 Å². The number of hydrogen-bond acceptors (Lipinski definition) is 3. The molecule has 0 saturated carbocycles. The van der Waals surface area contributed by atoms with E-state index in [0.29, 0.717) is 23.3 Å². The Balaban J connectivity index is 1.69. The molecular formula is C22H22N2O3S. The van der Waals surface area contributed by atoms with Crippen molar-refractivity contribution in [1.82, 2.24) is 4.98 Å². The van der Waals surface area contributed by atoms with Crippen molar-refractivity contribution in [2.75, 3.05) is 4.31 Å². The van der Waals surface area contributed by atoms with Gasteiger partial charge in [0.05, 0.1) is 10.6 Å². The van der Waals surface area contributed by atoms with Crippen LogP contribution in [0.3, 0.4) is 0 Å². The number of benzene rings is 2. The molecular weight excluding hydrogens is 372 g/mol. The number of fused-ring (bicyclic) bond motifs is 4. The third-order valence-corrected chi connectivity index (χ3v) is 8.03. The SMILES string of the molecule is Cc1cc2c3c([nH]c2cc1S(=O)(=O)N1c2ccccc2C[C@@H]1C)CCCC3=O. The van der Waals surface area contributed by atoms with Gasteiger partial charge in [-0.05, 0) is 62.4 Å². The number of anilines is 1. The van der Waals surface area contributed by atoms with Gasteiger partial charge in [-0.2, -0.15) is 0 Å². The molecule has 3 aromatic rings. The normalized spacial score (nSPS) is 19.1. The summed E-state index contributed by atoms with van der Waals surface area (Å²) in [6.45, 7) is 3.75. The van der Waals surface area contributed by atoms with Crippen LogP contribution in [-0.4, -0.2) is 25.2 Å². The number of rotatable bonds is 2. The number of carbonyl (C=O) groups is 1. The van der Waals surface area contributed by atoms with E-state index in [0.717, 1.165) is 46.3 Å². The lowest BCUT2D eigenvalue weighted by Gasteiger charge is -2.25. The Bertz CT molecular complexity index is 1240. The van der Waals surface area contributed by atoms with E-state index in [4.69, 9.17) is 0 Å². The van der Waals surface area contributed by atoms with Gasteiger partial charge in [0.25, 0.3) is 10.0 Å². The van der Waals surface area contributed by atoms with E-state index in [1.807, 2.05) is 44.2 Å².